The average Bonchev–Trinajstić information content (AvgIpc) is 2.95. The first kappa shape index (κ1) is 16.8. The van der Waals surface area contributed by atoms with Crippen molar-refractivity contribution < 1.29 is 14.3 Å². The number of piperidine rings is 1. The summed E-state index contributed by atoms with van der Waals surface area (Å²) in [4.78, 5) is 27.5. The predicted octanol–water partition coefficient (Wildman–Crippen LogP) is 2.96. The number of anilines is 1. The van der Waals surface area contributed by atoms with Gasteiger partial charge < -0.3 is 10.1 Å². The number of carbonyl (C=O) groups is 2. The van der Waals surface area contributed by atoms with Crippen molar-refractivity contribution in [3.8, 4) is 0 Å². The standard InChI is InChI=1S/C21H22N2O3/c1-26-19(24)16-8-5-9-17-18(16)21(20(25)22-17)10-12-23(13-11-21)14-15-6-3-2-4-7-15/h2-9H,10-14H2,1H3,(H,22,25). The quantitative estimate of drug-likeness (QED) is 0.865. The van der Waals surface area contributed by atoms with Gasteiger partial charge in [-0.15, -0.1) is 0 Å². The molecule has 1 N–H and O–H groups in total. The molecule has 0 saturated carbocycles. The second-order valence-electron chi connectivity index (χ2n) is 7.02. The Kier molecular flexibility index (Phi) is 4.24. The summed E-state index contributed by atoms with van der Waals surface area (Å²) in [7, 11) is 1.38. The van der Waals surface area contributed by atoms with E-state index in [1.807, 2.05) is 24.3 Å². The second kappa shape index (κ2) is 6.57. The molecule has 0 bridgehead atoms. The van der Waals surface area contributed by atoms with Gasteiger partial charge in [-0.2, -0.15) is 0 Å². The highest BCUT2D eigenvalue weighted by Crippen LogP contribution is 2.46. The number of hydrogen-bond donors (Lipinski definition) is 1. The molecule has 2 aliphatic heterocycles. The second-order valence-corrected chi connectivity index (χ2v) is 7.02. The summed E-state index contributed by atoms with van der Waals surface area (Å²) >= 11 is 0. The molecule has 1 amide bonds. The minimum atomic E-state index is -0.632. The maximum Gasteiger partial charge on any atom is 0.338 e. The number of nitrogens with one attached hydrogen (secondary N) is 1. The number of nitrogens with zero attached hydrogens (tertiary/aromatic N) is 1. The van der Waals surface area contributed by atoms with Crippen molar-refractivity contribution in [2.24, 2.45) is 0 Å². The Bertz CT molecular complexity index is 840. The van der Waals surface area contributed by atoms with E-state index in [2.05, 4.69) is 22.3 Å². The van der Waals surface area contributed by atoms with E-state index in [1.54, 1.807) is 12.1 Å². The van der Waals surface area contributed by atoms with Crippen molar-refractivity contribution >= 4 is 17.6 Å². The number of methoxy groups -OCH3 is 1. The van der Waals surface area contributed by atoms with Crippen LogP contribution in [0.25, 0.3) is 0 Å². The third kappa shape index (κ3) is 2.69. The van der Waals surface area contributed by atoms with Crippen molar-refractivity contribution in [3.63, 3.8) is 0 Å². The van der Waals surface area contributed by atoms with Crippen LogP contribution in [0.1, 0.15) is 34.3 Å². The lowest BCUT2D eigenvalue weighted by Gasteiger charge is -2.38. The van der Waals surface area contributed by atoms with E-state index >= 15 is 0 Å². The Hall–Kier alpha value is -2.66. The highest BCUT2D eigenvalue weighted by Gasteiger charge is 2.50. The van der Waals surface area contributed by atoms with Crippen LogP contribution < -0.4 is 5.32 Å². The van der Waals surface area contributed by atoms with E-state index in [-0.39, 0.29) is 11.9 Å². The minimum Gasteiger partial charge on any atom is -0.465 e. The fourth-order valence-electron chi connectivity index (χ4n) is 4.22. The van der Waals surface area contributed by atoms with Gasteiger partial charge in [0, 0.05) is 17.8 Å². The first-order chi connectivity index (χ1) is 12.6. The first-order valence-corrected chi connectivity index (χ1v) is 8.93. The Morgan fingerprint density at radius 3 is 2.54 bits per heavy atom. The van der Waals surface area contributed by atoms with E-state index in [0.717, 1.165) is 30.9 Å². The Morgan fingerprint density at radius 2 is 1.85 bits per heavy atom. The Morgan fingerprint density at radius 1 is 1.12 bits per heavy atom. The molecule has 5 heteroatoms. The highest BCUT2D eigenvalue weighted by atomic mass is 16.5. The number of fused-ring (bicyclic) bond motifs is 2. The van der Waals surface area contributed by atoms with Gasteiger partial charge in [0.15, 0.2) is 0 Å². The molecule has 0 aromatic heterocycles. The van der Waals surface area contributed by atoms with Crippen molar-refractivity contribution in [2.75, 3.05) is 25.5 Å². The molecule has 0 radical (unpaired) electrons. The number of likely N-dealkylation sites (tertiary alicyclic amines) is 1. The molecule has 2 aliphatic rings. The predicted molar refractivity (Wildman–Crippen MR) is 99.0 cm³/mol. The van der Waals surface area contributed by atoms with Gasteiger partial charge >= 0.3 is 5.97 Å². The molecule has 134 valence electrons. The lowest BCUT2D eigenvalue weighted by molar-refractivity contribution is -0.122. The Labute approximate surface area is 153 Å². The highest BCUT2D eigenvalue weighted by molar-refractivity contribution is 6.10. The van der Waals surface area contributed by atoms with Gasteiger partial charge in [-0.25, -0.2) is 4.79 Å². The van der Waals surface area contributed by atoms with Gasteiger partial charge in [-0.1, -0.05) is 36.4 Å². The fourth-order valence-corrected chi connectivity index (χ4v) is 4.22. The van der Waals surface area contributed by atoms with Gasteiger partial charge in [-0.05, 0) is 43.6 Å². The number of esters is 1. The van der Waals surface area contributed by atoms with Crippen LogP contribution in [0.5, 0.6) is 0 Å². The van der Waals surface area contributed by atoms with Crippen LogP contribution in [0.15, 0.2) is 48.5 Å². The van der Waals surface area contributed by atoms with Crippen molar-refractivity contribution in [2.45, 2.75) is 24.8 Å². The number of ether oxygens (including phenoxy) is 1. The summed E-state index contributed by atoms with van der Waals surface area (Å²) in [5.74, 6) is -0.382. The number of benzene rings is 2. The molecule has 2 heterocycles. The minimum absolute atomic E-state index is 0.00298. The van der Waals surface area contributed by atoms with Crippen molar-refractivity contribution in [1.82, 2.24) is 4.90 Å². The van der Waals surface area contributed by atoms with Crippen LogP contribution >= 0.6 is 0 Å². The van der Waals surface area contributed by atoms with Crippen LogP contribution in [-0.2, 0) is 21.5 Å². The van der Waals surface area contributed by atoms with Crippen molar-refractivity contribution in [1.29, 1.82) is 0 Å². The zero-order valence-corrected chi connectivity index (χ0v) is 14.8. The lowest BCUT2D eigenvalue weighted by atomic mass is 9.72. The molecular weight excluding hydrogens is 328 g/mol. The topological polar surface area (TPSA) is 58.6 Å². The summed E-state index contributed by atoms with van der Waals surface area (Å²) in [6.45, 7) is 2.51. The summed E-state index contributed by atoms with van der Waals surface area (Å²) in [5, 5.41) is 2.98. The summed E-state index contributed by atoms with van der Waals surface area (Å²) in [6.07, 6.45) is 1.40. The normalized spacial score (nSPS) is 18.4. The van der Waals surface area contributed by atoms with Gasteiger partial charge in [0.1, 0.15) is 0 Å². The molecule has 0 atom stereocenters. The molecule has 26 heavy (non-hydrogen) atoms. The molecule has 1 spiro atoms. The zero-order valence-electron chi connectivity index (χ0n) is 14.8. The maximum atomic E-state index is 12.9. The SMILES string of the molecule is COC(=O)c1cccc2c1C1(CCN(Cc3ccccc3)CC1)C(=O)N2. The van der Waals surface area contributed by atoms with E-state index in [0.29, 0.717) is 18.4 Å². The number of hydrogen-bond acceptors (Lipinski definition) is 4. The monoisotopic (exact) mass is 350 g/mol. The fraction of sp³-hybridized carbons (Fsp3) is 0.333. The summed E-state index contributed by atoms with van der Waals surface area (Å²) < 4.78 is 4.94. The molecule has 2 aromatic carbocycles. The van der Waals surface area contributed by atoms with Crippen LogP contribution in [0.4, 0.5) is 5.69 Å². The number of rotatable bonds is 3. The van der Waals surface area contributed by atoms with E-state index in [1.165, 1.54) is 12.7 Å². The van der Waals surface area contributed by atoms with Crippen LogP contribution in [0.2, 0.25) is 0 Å². The Balaban J connectivity index is 1.60. The number of amides is 1. The third-order valence-corrected chi connectivity index (χ3v) is 5.59. The van der Waals surface area contributed by atoms with Crippen molar-refractivity contribution in [3.05, 3.63) is 65.2 Å². The largest absolute Gasteiger partial charge is 0.465 e. The van der Waals surface area contributed by atoms with Crippen LogP contribution in [-0.4, -0.2) is 37.0 Å². The van der Waals surface area contributed by atoms with E-state index in [9.17, 15) is 9.59 Å². The number of carbonyl (C=O) groups excluding carboxylic acids is 2. The average molecular weight is 350 g/mol. The van der Waals surface area contributed by atoms with Gasteiger partial charge in [0.05, 0.1) is 18.1 Å². The summed E-state index contributed by atoms with van der Waals surface area (Å²) in [5.41, 5.74) is 2.70. The van der Waals surface area contributed by atoms with E-state index < -0.39 is 5.41 Å². The molecule has 1 saturated heterocycles. The van der Waals surface area contributed by atoms with Crippen LogP contribution in [0, 0.1) is 0 Å². The third-order valence-electron chi connectivity index (χ3n) is 5.59. The maximum absolute atomic E-state index is 12.9. The zero-order chi connectivity index (χ0) is 18.1. The molecule has 4 rings (SSSR count). The molecule has 0 unspecified atom stereocenters. The molecule has 0 aliphatic carbocycles. The van der Waals surface area contributed by atoms with Gasteiger partial charge in [0.25, 0.3) is 0 Å². The van der Waals surface area contributed by atoms with Crippen LogP contribution in [0.3, 0.4) is 0 Å². The molecular formula is C21H22N2O3. The van der Waals surface area contributed by atoms with E-state index in [4.69, 9.17) is 4.74 Å². The first-order valence-electron chi connectivity index (χ1n) is 8.93. The molecule has 5 nitrogen and oxygen atoms in total. The smallest absolute Gasteiger partial charge is 0.338 e. The molecule has 1 fully saturated rings. The summed E-state index contributed by atoms with van der Waals surface area (Å²) in [6, 6.07) is 15.8. The van der Waals surface area contributed by atoms with Gasteiger partial charge in [-0.3, -0.25) is 9.69 Å². The van der Waals surface area contributed by atoms with Gasteiger partial charge in [0.2, 0.25) is 5.91 Å². The molecule has 2 aromatic rings. The lowest BCUT2D eigenvalue weighted by Crippen LogP contribution is -2.46.